The predicted octanol–water partition coefficient (Wildman–Crippen LogP) is 1.75. The molecular formula is C21H28N6O. The third-order valence-electron chi connectivity index (χ3n) is 5.79. The summed E-state index contributed by atoms with van der Waals surface area (Å²) in [6.07, 6.45) is 2.53. The molecule has 0 bridgehead atoms. The normalized spacial score (nSPS) is 20.6. The van der Waals surface area contributed by atoms with E-state index in [-0.39, 0.29) is 11.8 Å². The first-order valence-electron chi connectivity index (χ1n) is 9.93. The van der Waals surface area contributed by atoms with E-state index in [1.807, 2.05) is 4.90 Å². The topological polar surface area (TPSA) is 78.6 Å². The van der Waals surface area contributed by atoms with Crippen molar-refractivity contribution in [2.24, 2.45) is 0 Å². The first-order chi connectivity index (χ1) is 13.5. The number of aromatic nitrogens is 2. The van der Waals surface area contributed by atoms with E-state index in [0.29, 0.717) is 17.9 Å². The van der Waals surface area contributed by atoms with Crippen LogP contribution in [0.2, 0.25) is 0 Å². The summed E-state index contributed by atoms with van der Waals surface area (Å²) in [5.41, 5.74) is 9.74. The van der Waals surface area contributed by atoms with Gasteiger partial charge in [0.2, 0.25) is 0 Å². The molecule has 2 saturated heterocycles. The minimum absolute atomic E-state index is 0.0416. The van der Waals surface area contributed by atoms with Crippen molar-refractivity contribution < 1.29 is 4.79 Å². The maximum Gasteiger partial charge on any atom is 0.257 e. The van der Waals surface area contributed by atoms with Gasteiger partial charge < -0.3 is 20.4 Å². The number of hydrogen-bond acceptors (Lipinski definition) is 6. The second-order valence-electron chi connectivity index (χ2n) is 7.85. The Labute approximate surface area is 166 Å². The number of carbonyl (C=O) groups excluding carboxylic acids is 1. The van der Waals surface area contributed by atoms with Crippen LogP contribution in [0.15, 0.2) is 30.5 Å². The van der Waals surface area contributed by atoms with E-state index < -0.39 is 0 Å². The fourth-order valence-electron chi connectivity index (χ4n) is 4.09. The Hall–Kier alpha value is -2.67. The zero-order valence-electron chi connectivity index (χ0n) is 16.6. The molecule has 2 aromatic heterocycles. The Morgan fingerprint density at radius 1 is 1.18 bits per heavy atom. The van der Waals surface area contributed by atoms with Crippen molar-refractivity contribution in [2.75, 3.05) is 56.9 Å². The molecular weight excluding hydrogens is 352 g/mol. The number of likely N-dealkylation sites (tertiary alicyclic amines) is 1. The zero-order chi connectivity index (χ0) is 19.7. The largest absolute Gasteiger partial charge is 0.383 e. The summed E-state index contributed by atoms with van der Waals surface area (Å²) in [6.45, 7) is 7.67. The highest BCUT2D eigenvalue weighted by molar-refractivity contribution is 5.98. The number of nitrogens with two attached hydrogens (primary N) is 1. The molecule has 2 fully saturated rings. The van der Waals surface area contributed by atoms with Gasteiger partial charge in [-0.3, -0.25) is 9.78 Å². The molecule has 28 heavy (non-hydrogen) atoms. The number of nitrogens with zero attached hydrogens (tertiary/aromatic N) is 5. The van der Waals surface area contributed by atoms with Crippen LogP contribution in [0.1, 0.15) is 34.1 Å². The van der Waals surface area contributed by atoms with Gasteiger partial charge in [0.1, 0.15) is 5.82 Å². The van der Waals surface area contributed by atoms with E-state index in [1.165, 1.54) is 5.69 Å². The molecule has 1 amide bonds. The van der Waals surface area contributed by atoms with Crippen LogP contribution >= 0.6 is 0 Å². The van der Waals surface area contributed by atoms with Gasteiger partial charge in [0.05, 0.1) is 5.56 Å². The number of pyridine rings is 2. The lowest BCUT2D eigenvalue weighted by Gasteiger charge is -2.34. The average molecular weight is 380 g/mol. The smallest absolute Gasteiger partial charge is 0.257 e. The minimum atomic E-state index is -0.0416. The number of carbonyl (C=O) groups is 1. The number of nitrogen functional groups attached to an aromatic ring is 1. The fraction of sp³-hybridized carbons (Fsp3) is 0.476. The fourth-order valence-corrected chi connectivity index (χ4v) is 4.09. The van der Waals surface area contributed by atoms with Gasteiger partial charge >= 0.3 is 0 Å². The molecule has 4 rings (SSSR count). The Kier molecular flexibility index (Phi) is 5.17. The van der Waals surface area contributed by atoms with Crippen molar-refractivity contribution in [3.63, 3.8) is 0 Å². The van der Waals surface area contributed by atoms with E-state index in [0.717, 1.165) is 50.5 Å². The van der Waals surface area contributed by atoms with Gasteiger partial charge in [-0.15, -0.1) is 0 Å². The minimum Gasteiger partial charge on any atom is -0.383 e. The van der Waals surface area contributed by atoms with Gasteiger partial charge in [-0.1, -0.05) is 0 Å². The van der Waals surface area contributed by atoms with Crippen LogP contribution in [0, 0.1) is 6.92 Å². The molecule has 1 atom stereocenters. The van der Waals surface area contributed by atoms with Crippen LogP contribution in [0.3, 0.4) is 0 Å². The third-order valence-corrected chi connectivity index (χ3v) is 5.79. The summed E-state index contributed by atoms with van der Waals surface area (Å²) in [7, 11) is 2.17. The summed E-state index contributed by atoms with van der Waals surface area (Å²) >= 11 is 0. The predicted molar refractivity (Wildman–Crippen MR) is 111 cm³/mol. The zero-order valence-corrected chi connectivity index (χ0v) is 16.6. The van der Waals surface area contributed by atoms with Crippen LogP contribution < -0.4 is 10.6 Å². The van der Waals surface area contributed by atoms with Crippen molar-refractivity contribution in [2.45, 2.75) is 19.3 Å². The number of piperazine rings is 1. The van der Waals surface area contributed by atoms with Gasteiger partial charge in [-0.2, -0.15) is 0 Å². The standard InChI is InChI=1S/C21H28N6O/c1-15-12-17(26-10-8-25(2)9-11-26)13-19(24-15)16-5-7-27(14-16)21(28)18-4-3-6-23-20(18)22/h3-4,6,12-13,16H,5,7-11,14H2,1-2H3,(H2,22,23). The molecule has 0 radical (unpaired) electrons. The second-order valence-corrected chi connectivity index (χ2v) is 7.85. The highest BCUT2D eigenvalue weighted by atomic mass is 16.2. The van der Waals surface area contributed by atoms with Crippen LogP contribution in [0.5, 0.6) is 0 Å². The molecule has 4 heterocycles. The van der Waals surface area contributed by atoms with Gasteiger partial charge in [0.15, 0.2) is 0 Å². The summed E-state index contributed by atoms with van der Waals surface area (Å²) in [4.78, 5) is 28.3. The molecule has 0 aliphatic carbocycles. The van der Waals surface area contributed by atoms with Crippen LogP contribution in [0.4, 0.5) is 11.5 Å². The van der Waals surface area contributed by atoms with Crippen molar-refractivity contribution in [1.82, 2.24) is 19.8 Å². The molecule has 7 heteroatoms. The summed E-state index contributed by atoms with van der Waals surface area (Å²) in [5.74, 6) is 0.509. The molecule has 148 valence electrons. The number of hydrogen-bond donors (Lipinski definition) is 1. The maximum atomic E-state index is 12.8. The SMILES string of the molecule is Cc1cc(N2CCN(C)CC2)cc(C2CCN(C(=O)c3cccnc3N)C2)n1. The van der Waals surface area contributed by atoms with Gasteiger partial charge in [0.25, 0.3) is 5.91 Å². The molecule has 2 aromatic rings. The van der Waals surface area contributed by atoms with Crippen molar-refractivity contribution >= 4 is 17.4 Å². The van der Waals surface area contributed by atoms with Crippen molar-refractivity contribution in [3.05, 3.63) is 47.4 Å². The lowest BCUT2D eigenvalue weighted by molar-refractivity contribution is 0.0791. The van der Waals surface area contributed by atoms with Gasteiger partial charge in [0, 0.05) is 68.5 Å². The monoisotopic (exact) mass is 380 g/mol. The van der Waals surface area contributed by atoms with Crippen LogP contribution in [-0.4, -0.2) is 72.0 Å². The molecule has 1 unspecified atom stereocenters. The average Bonchev–Trinajstić information content (AvgIpc) is 3.18. The Morgan fingerprint density at radius 2 is 1.96 bits per heavy atom. The molecule has 0 aromatic carbocycles. The highest BCUT2D eigenvalue weighted by Gasteiger charge is 2.30. The molecule has 2 aliphatic rings. The van der Waals surface area contributed by atoms with E-state index in [1.54, 1.807) is 18.3 Å². The summed E-state index contributed by atoms with van der Waals surface area (Å²) in [5, 5.41) is 0. The third kappa shape index (κ3) is 3.80. The van der Waals surface area contributed by atoms with Gasteiger partial charge in [-0.05, 0) is 44.7 Å². The first-order valence-corrected chi connectivity index (χ1v) is 9.93. The quantitative estimate of drug-likeness (QED) is 0.874. The number of rotatable bonds is 3. The van der Waals surface area contributed by atoms with E-state index in [4.69, 9.17) is 10.7 Å². The molecule has 0 spiro atoms. The highest BCUT2D eigenvalue weighted by Crippen LogP contribution is 2.30. The molecule has 2 aliphatic heterocycles. The number of amides is 1. The van der Waals surface area contributed by atoms with E-state index >= 15 is 0 Å². The Morgan fingerprint density at radius 3 is 2.71 bits per heavy atom. The summed E-state index contributed by atoms with van der Waals surface area (Å²) < 4.78 is 0. The lowest BCUT2D eigenvalue weighted by Crippen LogP contribution is -2.44. The lowest BCUT2D eigenvalue weighted by atomic mass is 10.0. The maximum absolute atomic E-state index is 12.8. The first kappa shape index (κ1) is 18.7. The summed E-state index contributed by atoms with van der Waals surface area (Å²) in [6, 6.07) is 7.88. The number of likely N-dealkylation sites (N-methyl/N-ethyl adjacent to an activating group) is 1. The number of anilines is 2. The molecule has 2 N–H and O–H groups in total. The van der Waals surface area contributed by atoms with E-state index in [2.05, 4.69) is 40.9 Å². The van der Waals surface area contributed by atoms with Crippen LogP contribution in [-0.2, 0) is 0 Å². The Bertz CT molecular complexity index is 862. The van der Waals surface area contributed by atoms with E-state index in [9.17, 15) is 4.79 Å². The number of aryl methyl sites for hydroxylation is 1. The molecule has 7 nitrogen and oxygen atoms in total. The van der Waals surface area contributed by atoms with Crippen molar-refractivity contribution in [1.29, 1.82) is 0 Å². The second kappa shape index (κ2) is 7.75. The molecule has 0 saturated carbocycles. The Balaban J connectivity index is 1.49. The van der Waals surface area contributed by atoms with Crippen molar-refractivity contribution in [3.8, 4) is 0 Å². The van der Waals surface area contributed by atoms with Gasteiger partial charge in [-0.25, -0.2) is 4.98 Å². The van der Waals surface area contributed by atoms with Crippen LogP contribution in [0.25, 0.3) is 0 Å².